The van der Waals surface area contributed by atoms with Crippen LogP contribution in [0.3, 0.4) is 0 Å². The van der Waals surface area contributed by atoms with Gasteiger partial charge in [0.25, 0.3) is 0 Å². The molecule has 3 N–H and O–H groups in total. The van der Waals surface area contributed by atoms with Gasteiger partial charge in [-0.2, -0.15) is 0 Å². The number of aryl methyl sites for hydroxylation is 1. The summed E-state index contributed by atoms with van der Waals surface area (Å²) >= 11 is 5.95. The van der Waals surface area contributed by atoms with E-state index in [0.717, 1.165) is 41.4 Å². The van der Waals surface area contributed by atoms with Crippen molar-refractivity contribution in [3.63, 3.8) is 0 Å². The SMILES string of the molecule is Cc1cc(Cl)ccc1C(NN)C1=CCCCO1. The molecule has 0 spiro atoms. The minimum absolute atomic E-state index is 0.0902. The van der Waals surface area contributed by atoms with Crippen LogP contribution in [0.25, 0.3) is 0 Å². The first-order valence-electron chi connectivity index (χ1n) is 5.77. The van der Waals surface area contributed by atoms with Crippen molar-refractivity contribution in [1.82, 2.24) is 5.43 Å². The molecule has 0 aromatic heterocycles. The monoisotopic (exact) mass is 252 g/mol. The highest BCUT2D eigenvalue weighted by Crippen LogP contribution is 2.28. The van der Waals surface area contributed by atoms with E-state index in [1.807, 2.05) is 25.1 Å². The standard InChI is InChI=1S/C13H17ClN2O/c1-9-8-10(14)5-6-11(9)13(16-15)12-4-2-3-7-17-12/h4-6,8,13,16H,2-3,7,15H2,1H3. The minimum atomic E-state index is -0.0902. The molecule has 1 unspecified atom stereocenters. The number of rotatable bonds is 3. The number of hydrogen-bond donors (Lipinski definition) is 2. The van der Waals surface area contributed by atoms with E-state index in [1.165, 1.54) is 0 Å². The lowest BCUT2D eigenvalue weighted by Gasteiger charge is -2.24. The van der Waals surface area contributed by atoms with Gasteiger partial charge in [0.15, 0.2) is 0 Å². The van der Waals surface area contributed by atoms with Crippen LogP contribution in [0.1, 0.15) is 30.0 Å². The molecule has 0 bridgehead atoms. The van der Waals surface area contributed by atoms with Crippen molar-refractivity contribution < 1.29 is 4.74 Å². The summed E-state index contributed by atoms with van der Waals surface area (Å²) in [4.78, 5) is 0. The Kier molecular flexibility index (Phi) is 4.05. The normalized spacial score (nSPS) is 17.2. The Balaban J connectivity index is 2.31. The van der Waals surface area contributed by atoms with Gasteiger partial charge in [-0.25, -0.2) is 5.43 Å². The Bertz CT molecular complexity index is 431. The van der Waals surface area contributed by atoms with Crippen molar-refractivity contribution >= 4 is 11.6 Å². The quantitative estimate of drug-likeness (QED) is 0.642. The van der Waals surface area contributed by atoms with E-state index in [2.05, 4.69) is 11.5 Å². The average Bonchev–Trinajstić information content (AvgIpc) is 2.34. The summed E-state index contributed by atoms with van der Waals surface area (Å²) in [6.07, 6.45) is 4.21. The molecule has 2 rings (SSSR count). The van der Waals surface area contributed by atoms with Crippen molar-refractivity contribution in [3.8, 4) is 0 Å². The van der Waals surface area contributed by atoms with Crippen molar-refractivity contribution in [2.24, 2.45) is 5.84 Å². The second-order valence-corrected chi connectivity index (χ2v) is 4.63. The van der Waals surface area contributed by atoms with Crippen LogP contribution in [0.2, 0.25) is 5.02 Å². The summed E-state index contributed by atoms with van der Waals surface area (Å²) < 4.78 is 5.66. The van der Waals surface area contributed by atoms with Gasteiger partial charge in [-0.15, -0.1) is 0 Å². The number of benzene rings is 1. The summed E-state index contributed by atoms with van der Waals surface area (Å²) in [6.45, 7) is 2.78. The molecule has 4 heteroatoms. The van der Waals surface area contributed by atoms with E-state index in [1.54, 1.807) is 0 Å². The molecule has 1 heterocycles. The van der Waals surface area contributed by atoms with Crippen LogP contribution >= 0.6 is 11.6 Å². The van der Waals surface area contributed by atoms with E-state index >= 15 is 0 Å². The first kappa shape index (κ1) is 12.4. The highest BCUT2D eigenvalue weighted by atomic mass is 35.5. The fourth-order valence-corrected chi connectivity index (χ4v) is 2.29. The van der Waals surface area contributed by atoms with Crippen LogP contribution in [0.5, 0.6) is 0 Å². The van der Waals surface area contributed by atoms with Crippen LogP contribution < -0.4 is 11.3 Å². The molecule has 3 nitrogen and oxygen atoms in total. The first-order valence-corrected chi connectivity index (χ1v) is 6.15. The zero-order valence-electron chi connectivity index (χ0n) is 9.87. The molecule has 0 saturated heterocycles. The molecule has 0 aliphatic carbocycles. The molecule has 0 radical (unpaired) electrons. The van der Waals surface area contributed by atoms with Crippen molar-refractivity contribution in [3.05, 3.63) is 46.2 Å². The molecule has 0 fully saturated rings. The smallest absolute Gasteiger partial charge is 0.115 e. The number of nitrogens with two attached hydrogens (primary N) is 1. The van der Waals surface area contributed by atoms with E-state index < -0.39 is 0 Å². The van der Waals surface area contributed by atoms with E-state index in [0.29, 0.717) is 0 Å². The molecule has 1 aromatic carbocycles. The van der Waals surface area contributed by atoms with Gasteiger partial charge in [0.1, 0.15) is 11.8 Å². The lowest BCUT2D eigenvalue weighted by atomic mass is 9.99. The topological polar surface area (TPSA) is 47.3 Å². The Labute approximate surface area is 107 Å². The van der Waals surface area contributed by atoms with Crippen LogP contribution in [0, 0.1) is 6.92 Å². The second kappa shape index (κ2) is 5.54. The summed E-state index contributed by atoms with van der Waals surface area (Å²) in [5.74, 6) is 6.55. The zero-order valence-corrected chi connectivity index (χ0v) is 10.6. The molecule has 17 heavy (non-hydrogen) atoms. The molecule has 1 aromatic rings. The Morgan fingerprint density at radius 3 is 2.88 bits per heavy atom. The number of allylic oxidation sites excluding steroid dienone is 1. The minimum Gasteiger partial charge on any atom is -0.496 e. The maximum absolute atomic E-state index is 5.95. The van der Waals surface area contributed by atoms with Crippen molar-refractivity contribution in [2.45, 2.75) is 25.8 Å². The maximum Gasteiger partial charge on any atom is 0.115 e. The molecular weight excluding hydrogens is 236 g/mol. The predicted octanol–water partition coefficient (Wildman–Crippen LogP) is 2.85. The Morgan fingerprint density at radius 2 is 2.29 bits per heavy atom. The van der Waals surface area contributed by atoms with Gasteiger partial charge in [-0.1, -0.05) is 17.7 Å². The fraction of sp³-hybridized carbons (Fsp3) is 0.385. The van der Waals surface area contributed by atoms with Gasteiger partial charge in [0.05, 0.1) is 6.61 Å². The third-order valence-corrected chi connectivity index (χ3v) is 3.19. The van der Waals surface area contributed by atoms with Gasteiger partial charge in [0.2, 0.25) is 0 Å². The first-order chi connectivity index (χ1) is 8.22. The Hall–Kier alpha value is -1.03. The summed E-state index contributed by atoms with van der Waals surface area (Å²) in [5, 5.41) is 0.737. The van der Waals surface area contributed by atoms with Gasteiger partial charge in [-0.3, -0.25) is 5.84 Å². The van der Waals surface area contributed by atoms with Crippen molar-refractivity contribution in [1.29, 1.82) is 0 Å². The number of hydrazine groups is 1. The van der Waals surface area contributed by atoms with Gasteiger partial charge in [0, 0.05) is 5.02 Å². The molecule has 0 amide bonds. The van der Waals surface area contributed by atoms with E-state index in [9.17, 15) is 0 Å². The molecule has 0 saturated carbocycles. The van der Waals surface area contributed by atoms with Crippen LogP contribution in [0.15, 0.2) is 30.0 Å². The van der Waals surface area contributed by atoms with Crippen LogP contribution in [-0.4, -0.2) is 6.61 Å². The third-order valence-electron chi connectivity index (χ3n) is 2.96. The predicted molar refractivity (Wildman–Crippen MR) is 69.5 cm³/mol. The van der Waals surface area contributed by atoms with Gasteiger partial charge < -0.3 is 4.74 Å². The van der Waals surface area contributed by atoms with Crippen LogP contribution in [-0.2, 0) is 4.74 Å². The van der Waals surface area contributed by atoms with Crippen molar-refractivity contribution in [2.75, 3.05) is 6.61 Å². The number of nitrogens with one attached hydrogen (secondary N) is 1. The van der Waals surface area contributed by atoms with Crippen LogP contribution in [0.4, 0.5) is 0 Å². The lowest BCUT2D eigenvalue weighted by molar-refractivity contribution is 0.167. The third kappa shape index (κ3) is 2.80. The van der Waals surface area contributed by atoms with E-state index in [-0.39, 0.29) is 6.04 Å². The number of ether oxygens (including phenoxy) is 1. The highest BCUT2D eigenvalue weighted by Gasteiger charge is 2.20. The molecule has 1 aliphatic heterocycles. The molecule has 92 valence electrons. The lowest BCUT2D eigenvalue weighted by Crippen LogP contribution is -2.31. The number of hydrogen-bond acceptors (Lipinski definition) is 3. The van der Waals surface area contributed by atoms with E-state index in [4.69, 9.17) is 22.2 Å². The highest BCUT2D eigenvalue weighted by molar-refractivity contribution is 6.30. The fourth-order valence-electron chi connectivity index (χ4n) is 2.07. The average molecular weight is 253 g/mol. The molecular formula is C13H17ClN2O. The zero-order chi connectivity index (χ0) is 12.3. The maximum atomic E-state index is 5.95. The number of halogens is 1. The molecule has 1 atom stereocenters. The summed E-state index contributed by atoms with van der Waals surface area (Å²) in [7, 11) is 0. The summed E-state index contributed by atoms with van der Waals surface area (Å²) in [6, 6.07) is 5.70. The van der Waals surface area contributed by atoms with Gasteiger partial charge >= 0.3 is 0 Å². The van der Waals surface area contributed by atoms with Gasteiger partial charge in [-0.05, 0) is 49.1 Å². The molecule has 1 aliphatic rings. The second-order valence-electron chi connectivity index (χ2n) is 4.20. The summed E-state index contributed by atoms with van der Waals surface area (Å²) in [5.41, 5.74) is 5.02. The largest absolute Gasteiger partial charge is 0.496 e. The Morgan fingerprint density at radius 1 is 1.47 bits per heavy atom.